The Morgan fingerprint density at radius 2 is 2.42 bits per heavy atom. The normalized spacial score (nSPS) is 20.2. The van der Waals surface area contributed by atoms with Gasteiger partial charge in [0.05, 0.1) is 9.95 Å². The van der Waals surface area contributed by atoms with Crippen LogP contribution in [-0.4, -0.2) is 41.0 Å². The lowest BCUT2D eigenvalue weighted by Crippen LogP contribution is -2.40. The molecule has 0 bridgehead atoms. The minimum absolute atomic E-state index is 0.0923. The van der Waals surface area contributed by atoms with Crippen LogP contribution in [0.15, 0.2) is 12.3 Å². The molecule has 0 aliphatic carbocycles. The topological polar surface area (TPSA) is 71.3 Å². The van der Waals surface area contributed by atoms with Gasteiger partial charge < -0.3 is 10.2 Å². The summed E-state index contributed by atoms with van der Waals surface area (Å²) in [6, 6.07) is 1.78. The van der Waals surface area contributed by atoms with Crippen LogP contribution in [0, 0.1) is 10.1 Å². The lowest BCUT2D eigenvalue weighted by Gasteiger charge is -2.32. The van der Waals surface area contributed by atoms with Crippen LogP contribution in [0.3, 0.4) is 0 Å². The first kappa shape index (κ1) is 14.0. The predicted molar refractivity (Wildman–Crippen MR) is 74.7 cm³/mol. The van der Waals surface area contributed by atoms with Gasteiger partial charge in [-0.3, -0.25) is 10.1 Å². The molecule has 1 saturated heterocycles. The van der Waals surface area contributed by atoms with Crippen molar-refractivity contribution >= 4 is 23.1 Å². The van der Waals surface area contributed by atoms with Gasteiger partial charge in [-0.2, -0.15) is 0 Å². The molecule has 0 spiro atoms. The van der Waals surface area contributed by atoms with E-state index < -0.39 is 4.92 Å². The second-order valence-corrected chi connectivity index (χ2v) is 5.20. The van der Waals surface area contributed by atoms with Gasteiger partial charge in [-0.1, -0.05) is 18.0 Å². The smallest absolute Gasteiger partial charge is 0.289 e. The standard InChI is InChI=1S/C12H17ClN4O2/c1-16-5-3-2-4-9(16)7-14-12-11(13)6-10(8-15-12)17(18)19/h6,8-9H,2-5,7H2,1H3,(H,14,15). The van der Waals surface area contributed by atoms with Crippen LogP contribution in [0.4, 0.5) is 11.5 Å². The van der Waals surface area contributed by atoms with E-state index >= 15 is 0 Å². The Kier molecular flexibility index (Phi) is 4.55. The molecule has 1 aliphatic heterocycles. The second kappa shape index (κ2) is 6.16. The van der Waals surface area contributed by atoms with E-state index in [-0.39, 0.29) is 10.7 Å². The zero-order valence-corrected chi connectivity index (χ0v) is 11.6. The molecule has 1 aromatic heterocycles. The molecule has 6 nitrogen and oxygen atoms in total. The van der Waals surface area contributed by atoms with Crippen LogP contribution in [0.5, 0.6) is 0 Å². The number of rotatable bonds is 4. The van der Waals surface area contributed by atoms with Crippen molar-refractivity contribution in [3.8, 4) is 0 Å². The van der Waals surface area contributed by atoms with Crippen molar-refractivity contribution in [2.24, 2.45) is 0 Å². The summed E-state index contributed by atoms with van der Waals surface area (Å²) in [6.07, 6.45) is 4.84. The average Bonchev–Trinajstić information content (AvgIpc) is 2.39. The molecule has 0 aromatic carbocycles. The van der Waals surface area contributed by atoms with Crippen LogP contribution < -0.4 is 5.32 Å². The minimum Gasteiger partial charge on any atom is -0.367 e. The number of likely N-dealkylation sites (N-methyl/N-ethyl adjacent to an activating group) is 1. The van der Waals surface area contributed by atoms with Crippen molar-refractivity contribution in [3.63, 3.8) is 0 Å². The Hall–Kier alpha value is -1.40. The van der Waals surface area contributed by atoms with Crippen molar-refractivity contribution in [1.29, 1.82) is 0 Å². The van der Waals surface area contributed by atoms with Crippen molar-refractivity contribution in [1.82, 2.24) is 9.88 Å². The first-order valence-electron chi connectivity index (χ1n) is 6.32. The van der Waals surface area contributed by atoms with Crippen LogP contribution >= 0.6 is 11.6 Å². The van der Waals surface area contributed by atoms with E-state index in [9.17, 15) is 10.1 Å². The molecule has 7 heteroatoms. The molecule has 0 amide bonds. The lowest BCUT2D eigenvalue weighted by atomic mass is 10.0. The summed E-state index contributed by atoms with van der Waals surface area (Å²) in [5, 5.41) is 14.0. The van der Waals surface area contributed by atoms with E-state index in [1.54, 1.807) is 0 Å². The van der Waals surface area contributed by atoms with Gasteiger partial charge in [0, 0.05) is 18.7 Å². The Morgan fingerprint density at radius 3 is 3.05 bits per heavy atom. The summed E-state index contributed by atoms with van der Waals surface area (Å²) in [6.45, 7) is 1.86. The molecule has 1 aliphatic rings. The number of halogens is 1. The fourth-order valence-electron chi connectivity index (χ4n) is 2.27. The molecule has 1 fully saturated rings. The van der Waals surface area contributed by atoms with Gasteiger partial charge in [0.25, 0.3) is 5.69 Å². The largest absolute Gasteiger partial charge is 0.367 e. The quantitative estimate of drug-likeness (QED) is 0.679. The van der Waals surface area contributed by atoms with Gasteiger partial charge in [0.1, 0.15) is 12.0 Å². The third-order valence-corrected chi connectivity index (χ3v) is 3.75. The van der Waals surface area contributed by atoms with E-state index in [1.165, 1.54) is 25.1 Å². The maximum Gasteiger partial charge on any atom is 0.289 e. The first-order valence-corrected chi connectivity index (χ1v) is 6.70. The van der Waals surface area contributed by atoms with Crippen LogP contribution in [-0.2, 0) is 0 Å². The number of nitrogens with one attached hydrogen (secondary N) is 1. The zero-order valence-electron chi connectivity index (χ0n) is 10.8. The Bertz CT molecular complexity index is 469. The summed E-state index contributed by atoms with van der Waals surface area (Å²) in [5.74, 6) is 0.506. The number of piperidine rings is 1. The highest BCUT2D eigenvalue weighted by Gasteiger charge is 2.19. The minimum atomic E-state index is -0.502. The number of likely N-dealkylation sites (tertiary alicyclic amines) is 1. The highest BCUT2D eigenvalue weighted by atomic mass is 35.5. The van der Waals surface area contributed by atoms with Gasteiger partial charge >= 0.3 is 0 Å². The Morgan fingerprint density at radius 1 is 1.63 bits per heavy atom. The summed E-state index contributed by atoms with van der Waals surface area (Å²) >= 11 is 5.98. The van der Waals surface area contributed by atoms with Crippen LogP contribution in [0.25, 0.3) is 0 Å². The zero-order chi connectivity index (χ0) is 13.8. The molecule has 19 heavy (non-hydrogen) atoms. The van der Waals surface area contributed by atoms with Gasteiger partial charge in [-0.25, -0.2) is 4.98 Å². The Labute approximate surface area is 116 Å². The number of hydrogen-bond acceptors (Lipinski definition) is 5. The number of nitrogens with zero attached hydrogens (tertiary/aromatic N) is 3. The summed E-state index contributed by atoms with van der Waals surface area (Å²) < 4.78 is 0. The number of anilines is 1. The van der Waals surface area contributed by atoms with Crippen molar-refractivity contribution in [2.45, 2.75) is 25.3 Å². The maximum atomic E-state index is 10.6. The van der Waals surface area contributed by atoms with Crippen LogP contribution in [0.1, 0.15) is 19.3 Å². The Balaban J connectivity index is 1.97. The van der Waals surface area contributed by atoms with E-state index in [1.807, 2.05) is 0 Å². The third-order valence-electron chi connectivity index (χ3n) is 3.46. The molecular weight excluding hydrogens is 268 g/mol. The average molecular weight is 285 g/mol. The molecular formula is C12H17ClN4O2. The van der Waals surface area contributed by atoms with Gasteiger partial charge in [0.2, 0.25) is 0 Å². The van der Waals surface area contributed by atoms with E-state index in [0.717, 1.165) is 19.5 Å². The molecule has 2 rings (SSSR count). The van der Waals surface area contributed by atoms with E-state index in [0.29, 0.717) is 11.9 Å². The molecule has 2 heterocycles. The summed E-state index contributed by atoms with van der Waals surface area (Å²) in [5.41, 5.74) is -0.0923. The number of nitro groups is 1. The second-order valence-electron chi connectivity index (χ2n) is 4.79. The summed E-state index contributed by atoms with van der Waals surface area (Å²) in [7, 11) is 2.11. The fourth-order valence-corrected chi connectivity index (χ4v) is 2.50. The first-order chi connectivity index (χ1) is 9.08. The predicted octanol–water partition coefficient (Wildman–Crippen LogP) is 2.54. The van der Waals surface area contributed by atoms with Gasteiger partial charge in [-0.05, 0) is 26.4 Å². The van der Waals surface area contributed by atoms with Gasteiger partial charge in [-0.15, -0.1) is 0 Å². The molecule has 1 atom stereocenters. The molecule has 104 valence electrons. The SMILES string of the molecule is CN1CCCCC1CNc1ncc([N+](=O)[O-])cc1Cl. The molecule has 0 saturated carbocycles. The summed E-state index contributed by atoms with van der Waals surface area (Å²) in [4.78, 5) is 16.4. The third kappa shape index (κ3) is 3.54. The van der Waals surface area contributed by atoms with Gasteiger partial charge in [0.15, 0.2) is 0 Å². The maximum absolute atomic E-state index is 10.6. The van der Waals surface area contributed by atoms with E-state index in [4.69, 9.17) is 11.6 Å². The van der Waals surface area contributed by atoms with Crippen molar-refractivity contribution in [3.05, 3.63) is 27.4 Å². The monoisotopic (exact) mass is 284 g/mol. The number of pyridine rings is 1. The van der Waals surface area contributed by atoms with Crippen LogP contribution in [0.2, 0.25) is 5.02 Å². The lowest BCUT2D eigenvalue weighted by molar-refractivity contribution is -0.385. The fraction of sp³-hybridized carbons (Fsp3) is 0.583. The highest BCUT2D eigenvalue weighted by Crippen LogP contribution is 2.24. The highest BCUT2D eigenvalue weighted by molar-refractivity contribution is 6.33. The molecule has 0 radical (unpaired) electrons. The van der Waals surface area contributed by atoms with Crippen molar-refractivity contribution in [2.75, 3.05) is 25.5 Å². The number of hydrogen-bond donors (Lipinski definition) is 1. The van der Waals surface area contributed by atoms with E-state index in [2.05, 4.69) is 22.2 Å². The molecule has 1 unspecified atom stereocenters. The number of aromatic nitrogens is 1. The molecule has 1 N–H and O–H groups in total. The van der Waals surface area contributed by atoms with Crippen molar-refractivity contribution < 1.29 is 4.92 Å². The molecule has 1 aromatic rings.